The van der Waals surface area contributed by atoms with Crippen LogP contribution in [-0.2, 0) is 4.74 Å². The van der Waals surface area contributed by atoms with Crippen molar-refractivity contribution in [1.29, 1.82) is 0 Å². The molecule has 1 saturated heterocycles. The van der Waals surface area contributed by atoms with Crippen molar-refractivity contribution in [2.45, 2.75) is 38.6 Å². The maximum atomic E-state index is 6.28. The van der Waals surface area contributed by atoms with Crippen molar-refractivity contribution in [3.8, 4) is 0 Å². The van der Waals surface area contributed by atoms with E-state index in [9.17, 15) is 0 Å². The van der Waals surface area contributed by atoms with Crippen molar-refractivity contribution in [2.24, 2.45) is 11.7 Å². The van der Waals surface area contributed by atoms with Crippen LogP contribution in [0.4, 0.5) is 0 Å². The van der Waals surface area contributed by atoms with Gasteiger partial charge >= 0.3 is 0 Å². The molecule has 0 aliphatic carbocycles. The van der Waals surface area contributed by atoms with Gasteiger partial charge in [0.1, 0.15) is 5.01 Å². The van der Waals surface area contributed by atoms with E-state index in [0.717, 1.165) is 31.1 Å². The molecule has 0 radical (unpaired) electrons. The van der Waals surface area contributed by atoms with Crippen molar-refractivity contribution < 1.29 is 4.74 Å². The van der Waals surface area contributed by atoms with Crippen LogP contribution in [0.15, 0.2) is 5.38 Å². The van der Waals surface area contributed by atoms with Gasteiger partial charge in [0.15, 0.2) is 0 Å². The van der Waals surface area contributed by atoms with E-state index in [1.165, 1.54) is 5.69 Å². The maximum Gasteiger partial charge on any atom is 0.110 e. The third kappa shape index (κ3) is 2.62. The molecule has 1 aromatic rings. The second-order valence-electron chi connectivity index (χ2n) is 4.74. The minimum absolute atomic E-state index is 0.0985. The summed E-state index contributed by atoms with van der Waals surface area (Å²) in [5, 5.41) is 3.23. The smallest absolute Gasteiger partial charge is 0.110 e. The Morgan fingerprint density at radius 3 is 2.69 bits per heavy atom. The molecule has 2 heterocycles. The van der Waals surface area contributed by atoms with Gasteiger partial charge < -0.3 is 10.5 Å². The minimum atomic E-state index is 0.0985. The van der Waals surface area contributed by atoms with Gasteiger partial charge in [-0.25, -0.2) is 4.98 Å². The lowest BCUT2D eigenvalue weighted by molar-refractivity contribution is 0.0583. The summed E-state index contributed by atoms with van der Waals surface area (Å²) in [6.45, 7) is 6.03. The van der Waals surface area contributed by atoms with Gasteiger partial charge in [0, 0.05) is 18.6 Å². The molecule has 0 bridgehead atoms. The van der Waals surface area contributed by atoms with E-state index in [2.05, 4.69) is 24.2 Å². The zero-order valence-corrected chi connectivity index (χ0v) is 10.8. The van der Waals surface area contributed by atoms with E-state index >= 15 is 0 Å². The number of nitrogens with two attached hydrogens (primary N) is 1. The molecule has 1 atom stereocenters. The van der Waals surface area contributed by atoms with Gasteiger partial charge in [-0.05, 0) is 24.7 Å². The van der Waals surface area contributed by atoms with Gasteiger partial charge in [0.2, 0.25) is 0 Å². The molecule has 1 unspecified atom stereocenters. The normalized spacial score (nSPS) is 20.2. The van der Waals surface area contributed by atoms with Crippen LogP contribution in [0.1, 0.15) is 49.4 Å². The van der Waals surface area contributed by atoms with E-state index < -0.39 is 0 Å². The van der Waals surface area contributed by atoms with Crippen molar-refractivity contribution in [2.75, 3.05) is 13.2 Å². The number of rotatable bonds is 3. The third-order valence-corrected chi connectivity index (χ3v) is 4.15. The molecule has 0 spiro atoms. The van der Waals surface area contributed by atoms with Gasteiger partial charge in [-0.3, -0.25) is 0 Å². The van der Waals surface area contributed by atoms with Gasteiger partial charge in [-0.2, -0.15) is 0 Å². The minimum Gasteiger partial charge on any atom is -0.381 e. The first-order chi connectivity index (χ1) is 7.68. The summed E-state index contributed by atoms with van der Waals surface area (Å²) in [6.07, 6.45) is 2.13. The Labute approximate surface area is 101 Å². The highest BCUT2D eigenvalue weighted by atomic mass is 32.1. The fourth-order valence-electron chi connectivity index (χ4n) is 2.00. The van der Waals surface area contributed by atoms with Crippen molar-refractivity contribution >= 4 is 11.3 Å². The van der Waals surface area contributed by atoms with Gasteiger partial charge in [0.25, 0.3) is 0 Å². The summed E-state index contributed by atoms with van der Waals surface area (Å²) in [5.41, 5.74) is 7.44. The monoisotopic (exact) mass is 240 g/mol. The molecular weight excluding hydrogens is 220 g/mol. The molecule has 2 rings (SSSR count). The topological polar surface area (TPSA) is 48.1 Å². The van der Waals surface area contributed by atoms with E-state index in [-0.39, 0.29) is 6.04 Å². The molecule has 1 aromatic heterocycles. The molecular formula is C12H20N2OS. The fraction of sp³-hybridized carbons (Fsp3) is 0.750. The Morgan fingerprint density at radius 1 is 1.44 bits per heavy atom. The lowest BCUT2D eigenvalue weighted by Crippen LogP contribution is -2.27. The van der Waals surface area contributed by atoms with E-state index in [0.29, 0.717) is 11.8 Å². The largest absolute Gasteiger partial charge is 0.381 e. The second-order valence-corrected chi connectivity index (χ2v) is 5.63. The first-order valence-electron chi connectivity index (χ1n) is 5.97. The summed E-state index contributed by atoms with van der Waals surface area (Å²) in [5.74, 6) is 1.03. The number of aromatic nitrogens is 1. The SMILES string of the molecule is CC(C)c1csc(C(N)C2CCOCC2)n1. The van der Waals surface area contributed by atoms with Crippen LogP contribution in [0.5, 0.6) is 0 Å². The van der Waals surface area contributed by atoms with Crippen molar-refractivity contribution in [1.82, 2.24) is 4.98 Å². The molecule has 3 nitrogen and oxygen atoms in total. The summed E-state index contributed by atoms with van der Waals surface area (Å²) in [7, 11) is 0. The van der Waals surface area contributed by atoms with Gasteiger partial charge in [0.05, 0.1) is 11.7 Å². The Kier molecular flexibility index (Phi) is 3.95. The van der Waals surface area contributed by atoms with Crippen LogP contribution >= 0.6 is 11.3 Å². The van der Waals surface area contributed by atoms with Crippen LogP contribution in [0.2, 0.25) is 0 Å². The Balaban J connectivity index is 2.04. The molecule has 4 heteroatoms. The van der Waals surface area contributed by atoms with Crippen LogP contribution in [-0.4, -0.2) is 18.2 Å². The summed E-state index contributed by atoms with van der Waals surface area (Å²) >= 11 is 1.70. The predicted octanol–water partition coefficient (Wildman–Crippen LogP) is 2.69. The number of ether oxygens (including phenoxy) is 1. The molecule has 1 aliphatic rings. The number of hydrogen-bond acceptors (Lipinski definition) is 4. The van der Waals surface area contributed by atoms with Gasteiger partial charge in [-0.1, -0.05) is 13.8 Å². The summed E-state index contributed by atoms with van der Waals surface area (Å²) < 4.78 is 5.36. The van der Waals surface area contributed by atoms with Crippen molar-refractivity contribution in [3.05, 3.63) is 16.1 Å². The average molecular weight is 240 g/mol. The Bertz CT molecular complexity index is 332. The molecule has 0 amide bonds. The van der Waals surface area contributed by atoms with Crippen LogP contribution in [0.3, 0.4) is 0 Å². The number of nitrogens with zero attached hydrogens (tertiary/aromatic N) is 1. The standard InChI is InChI=1S/C12H20N2OS/c1-8(2)10-7-16-12(14-10)11(13)9-3-5-15-6-4-9/h7-9,11H,3-6,13H2,1-2H3. The Morgan fingerprint density at radius 2 is 2.12 bits per heavy atom. The second kappa shape index (κ2) is 5.25. The quantitative estimate of drug-likeness (QED) is 0.883. The maximum absolute atomic E-state index is 6.28. The van der Waals surface area contributed by atoms with E-state index in [4.69, 9.17) is 10.5 Å². The van der Waals surface area contributed by atoms with Gasteiger partial charge in [-0.15, -0.1) is 11.3 Å². The highest BCUT2D eigenvalue weighted by Crippen LogP contribution is 2.31. The lowest BCUT2D eigenvalue weighted by atomic mass is 9.93. The van der Waals surface area contributed by atoms with Crippen LogP contribution in [0.25, 0.3) is 0 Å². The first kappa shape index (κ1) is 12.0. The molecule has 2 N–H and O–H groups in total. The lowest BCUT2D eigenvalue weighted by Gasteiger charge is -2.26. The zero-order valence-electron chi connectivity index (χ0n) is 9.98. The highest BCUT2D eigenvalue weighted by molar-refractivity contribution is 7.09. The number of hydrogen-bond donors (Lipinski definition) is 1. The van der Waals surface area contributed by atoms with Crippen LogP contribution in [0, 0.1) is 5.92 Å². The van der Waals surface area contributed by atoms with Crippen molar-refractivity contribution in [3.63, 3.8) is 0 Å². The summed E-state index contributed by atoms with van der Waals surface area (Å²) in [4.78, 5) is 4.64. The first-order valence-corrected chi connectivity index (χ1v) is 6.85. The fourth-order valence-corrected chi connectivity index (χ4v) is 3.07. The molecule has 1 aliphatic heterocycles. The zero-order chi connectivity index (χ0) is 11.5. The molecule has 0 aromatic carbocycles. The molecule has 0 saturated carbocycles. The molecule has 16 heavy (non-hydrogen) atoms. The number of thiazole rings is 1. The predicted molar refractivity (Wildman–Crippen MR) is 66.7 cm³/mol. The highest BCUT2D eigenvalue weighted by Gasteiger charge is 2.24. The third-order valence-electron chi connectivity index (χ3n) is 3.19. The van der Waals surface area contributed by atoms with E-state index in [1.54, 1.807) is 11.3 Å². The van der Waals surface area contributed by atoms with E-state index in [1.807, 2.05) is 0 Å². The summed E-state index contributed by atoms with van der Waals surface area (Å²) in [6, 6.07) is 0.0985. The molecule has 1 fully saturated rings. The Hall–Kier alpha value is -0.450. The molecule has 90 valence electrons. The van der Waals surface area contributed by atoms with Crippen LogP contribution < -0.4 is 5.73 Å². The average Bonchev–Trinajstić information content (AvgIpc) is 2.78.